The third kappa shape index (κ3) is 5.23. The van der Waals surface area contributed by atoms with E-state index >= 15 is 0 Å². The van der Waals surface area contributed by atoms with Gasteiger partial charge in [0.05, 0.1) is 11.9 Å². The van der Waals surface area contributed by atoms with Crippen molar-refractivity contribution in [3.63, 3.8) is 0 Å². The van der Waals surface area contributed by atoms with E-state index in [2.05, 4.69) is 51.9 Å². The number of benzene rings is 1. The lowest BCUT2D eigenvalue weighted by molar-refractivity contribution is 0.191. The summed E-state index contributed by atoms with van der Waals surface area (Å²) in [5.41, 5.74) is 0.739. The maximum absolute atomic E-state index is 11.5. The molecular formula is C16H17ClN6O3. The number of rotatable bonds is 4. The first-order valence-electron chi connectivity index (χ1n) is 7.67. The van der Waals surface area contributed by atoms with Crippen LogP contribution in [0.15, 0.2) is 53.5 Å². The van der Waals surface area contributed by atoms with Gasteiger partial charge in [-0.1, -0.05) is 53.5 Å². The molecule has 136 valence electrons. The van der Waals surface area contributed by atoms with Gasteiger partial charge in [-0.3, -0.25) is 0 Å². The van der Waals surface area contributed by atoms with Crippen LogP contribution in [0.2, 0.25) is 5.15 Å². The fourth-order valence-electron chi connectivity index (χ4n) is 1.89. The van der Waals surface area contributed by atoms with Crippen LogP contribution in [0.1, 0.15) is 12.5 Å². The lowest BCUT2D eigenvalue weighted by Gasteiger charge is -1.99. The molecule has 0 saturated carbocycles. The van der Waals surface area contributed by atoms with Gasteiger partial charge in [0.2, 0.25) is 0 Å². The average molecular weight is 377 g/mol. The van der Waals surface area contributed by atoms with Crippen LogP contribution in [-0.2, 0) is 6.54 Å². The molecule has 2 heterocycles. The van der Waals surface area contributed by atoms with Crippen LogP contribution in [0.4, 0.5) is 4.79 Å². The molecule has 0 fully saturated rings. The standard InChI is InChI=1S/C9H13N.C7H4ClN5O3/c1-2-10-8-9-6-4-3-5-7-9;8-5-2-1-4(3-9-5)12-6(14)13(7(15)16)11-10-12/h3-7,10H,2,8H2,1H3;1-3H,(H,15,16). The number of nitrogens with one attached hydrogen (secondary N) is 1. The Morgan fingerprint density at radius 3 is 2.46 bits per heavy atom. The Balaban J connectivity index is 0.000000209. The van der Waals surface area contributed by atoms with E-state index < -0.39 is 11.8 Å². The molecule has 26 heavy (non-hydrogen) atoms. The maximum atomic E-state index is 11.5. The number of hydrogen-bond acceptors (Lipinski definition) is 6. The molecule has 0 atom stereocenters. The van der Waals surface area contributed by atoms with Gasteiger partial charge in [-0.2, -0.15) is 4.68 Å². The highest BCUT2D eigenvalue weighted by Gasteiger charge is 2.13. The molecule has 0 aliphatic heterocycles. The summed E-state index contributed by atoms with van der Waals surface area (Å²) < 4.78 is 1.02. The minimum Gasteiger partial charge on any atom is -0.463 e. The van der Waals surface area contributed by atoms with Crippen molar-refractivity contribution in [2.24, 2.45) is 0 Å². The number of pyridine rings is 1. The van der Waals surface area contributed by atoms with Crippen molar-refractivity contribution in [2.45, 2.75) is 13.5 Å². The molecule has 3 aromatic rings. The predicted molar refractivity (Wildman–Crippen MR) is 95.7 cm³/mol. The van der Waals surface area contributed by atoms with Crippen molar-refractivity contribution in [1.82, 2.24) is 30.1 Å². The zero-order valence-corrected chi connectivity index (χ0v) is 14.7. The first-order chi connectivity index (χ1) is 12.5. The Morgan fingerprint density at radius 2 is 1.92 bits per heavy atom. The first-order valence-corrected chi connectivity index (χ1v) is 8.05. The summed E-state index contributed by atoms with van der Waals surface area (Å²) in [7, 11) is 0. The highest BCUT2D eigenvalue weighted by molar-refractivity contribution is 6.29. The highest BCUT2D eigenvalue weighted by atomic mass is 35.5. The average Bonchev–Trinajstić information content (AvgIpc) is 3.04. The van der Waals surface area contributed by atoms with Crippen LogP contribution in [0.5, 0.6) is 0 Å². The largest absolute Gasteiger partial charge is 0.463 e. The summed E-state index contributed by atoms with van der Waals surface area (Å²) in [5.74, 6) is 0. The molecule has 0 aliphatic carbocycles. The molecule has 0 bridgehead atoms. The minimum atomic E-state index is -1.50. The summed E-state index contributed by atoms with van der Waals surface area (Å²) in [6, 6.07) is 13.3. The summed E-state index contributed by atoms with van der Waals surface area (Å²) in [5, 5.41) is 18.7. The van der Waals surface area contributed by atoms with Gasteiger partial charge in [-0.05, 0) is 34.7 Å². The molecule has 0 aliphatic rings. The molecule has 0 amide bonds. The summed E-state index contributed by atoms with van der Waals surface area (Å²) in [4.78, 5) is 25.7. The third-order valence-corrected chi connectivity index (χ3v) is 3.36. The molecule has 0 unspecified atom stereocenters. The lowest BCUT2D eigenvalue weighted by Crippen LogP contribution is -2.28. The zero-order valence-electron chi connectivity index (χ0n) is 13.9. The lowest BCUT2D eigenvalue weighted by atomic mass is 10.2. The second-order valence-corrected chi connectivity index (χ2v) is 5.36. The van der Waals surface area contributed by atoms with E-state index in [1.54, 1.807) is 0 Å². The Bertz CT molecular complexity index is 892. The van der Waals surface area contributed by atoms with Gasteiger partial charge >= 0.3 is 11.8 Å². The van der Waals surface area contributed by atoms with Crippen molar-refractivity contribution in [3.05, 3.63) is 69.9 Å². The molecule has 0 radical (unpaired) electrons. The SMILES string of the molecule is CCNCc1ccccc1.O=C(O)n1nnn(-c2ccc(Cl)nc2)c1=O. The van der Waals surface area contributed by atoms with E-state index in [0.29, 0.717) is 0 Å². The molecule has 2 N–H and O–H groups in total. The van der Waals surface area contributed by atoms with Gasteiger partial charge in [0.25, 0.3) is 0 Å². The zero-order chi connectivity index (χ0) is 18.9. The second-order valence-electron chi connectivity index (χ2n) is 4.97. The van der Waals surface area contributed by atoms with E-state index in [-0.39, 0.29) is 15.5 Å². The number of carbonyl (C=O) groups is 1. The number of halogens is 1. The van der Waals surface area contributed by atoms with E-state index in [1.165, 1.54) is 23.9 Å². The monoisotopic (exact) mass is 376 g/mol. The number of aromatic nitrogens is 5. The molecule has 2 aromatic heterocycles. The molecule has 0 saturated heterocycles. The topological polar surface area (TPSA) is 115 Å². The second kappa shape index (κ2) is 9.44. The van der Waals surface area contributed by atoms with Crippen LogP contribution in [-0.4, -0.2) is 42.5 Å². The van der Waals surface area contributed by atoms with Crippen molar-refractivity contribution >= 4 is 17.7 Å². The van der Waals surface area contributed by atoms with Crippen molar-refractivity contribution in [1.29, 1.82) is 0 Å². The predicted octanol–water partition coefficient (Wildman–Crippen LogP) is 1.80. The number of hydrogen-bond donors (Lipinski definition) is 2. The van der Waals surface area contributed by atoms with E-state index in [9.17, 15) is 9.59 Å². The smallest absolute Gasteiger partial charge is 0.438 e. The quantitative estimate of drug-likeness (QED) is 0.527. The summed E-state index contributed by atoms with van der Waals surface area (Å²) in [6.45, 7) is 4.13. The number of tetrazole rings is 1. The molecule has 9 nitrogen and oxygen atoms in total. The van der Waals surface area contributed by atoms with Crippen LogP contribution in [0, 0.1) is 0 Å². The van der Waals surface area contributed by atoms with E-state index in [1.807, 2.05) is 6.07 Å². The van der Waals surface area contributed by atoms with Crippen LogP contribution >= 0.6 is 11.6 Å². The third-order valence-electron chi connectivity index (χ3n) is 3.14. The van der Waals surface area contributed by atoms with Crippen molar-refractivity contribution in [3.8, 4) is 5.69 Å². The number of carboxylic acid groups (broad SMARTS) is 1. The van der Waals surface area contributed by atoms with Gasteiger partial charge in [0.1, 0.15) is 5.15 Å². The Morgan fingerprint density at radius 1 is 1.19 bits per heavy atom. The maximum Gasteiger partial charge on any atom is 0.438 e. The fraction of sp³-hybridized carbons (Fsp3) is 0.188. The Labute approximate surface area is 153 Å². The van der Waals surface area contributed by atoms with E-state index in [4.69, 9.17) is 16.7 Å². The normalized spacial score (nSPS) is 10.1. The van der Waals surface area contributed by atoms with Crippen molar-refractivity contribution < 1.29 is 9.90 Å². The minimum absolute atomic E-state index is 0.217. The van der Waals surface area contributed by atoms with Crippen LogP contribution in [0.3, 0.4) is 0 Å². The Hall–Kier alpha value is -3.04. The van der Waals surface area contributed by atoms with Gasteiger partial charge in [0, 0.05) is 6.54 Å². The van der Waals surface area contributed by atoms with Gasteiger partial charge in [0.15, 0.2) is 0 Å². The summed E-state index contributed by atoms with van der Waals surface area (Å²) >= 11 is 5.56. The summed E-state index contributed by atoms with van der Waals surface area (Å²) in [6.07, 6.45) is -0.219. The van der Waals surface area contributed by atoms with Gasteiger partial charge < -0.3 is 10.4 Å². The van der Waals surface area contributed by atoms with Crippen LogP contribution < -0.4 is 11.0 Å². The van der Waals surface area contributed by atoms with Gasteiger partial charge in [-0.25, -0.2) is 14.6 Å². The molecule has 10 heteroatoms. The van der Waals surface area contributed by atoms with E-state index in [0.717, 1.165) is 17.8 Å². The van der Waals surface area contributed by atoms with Crippen molar-refractivity contribution in [2.75, 3.05) is 6.54 Å². The van der Waals surface area contributed by atoms with Crippen LogP contribution in [0.25, 0.3) is 5.69 Å². The first kappa shape index (κ1) is 19.3. The highest BCUT2D eigenvalue weighted by Crippen LogP contribution is 2.06. The molecular weight excluding hydrogens is 360 g/mol. The molecule has 3 rings (SSSR count). The molecule has 0 spiro atoms. The van der Waals surface area contributed by atoms with Gasteiger partial charge in [-0.15, -0.1) is 0 Å². The number of nitrogens with zero attached hydrogens (tertiary/aromatic N) is 5. The molecule has 1 aromatic carbocycles. The Kier molecular flexibility index (Phi) is 7.01. The fourth-order valence-corrected chi connectivity index (χ4v) is 2.00.